The Labute approximate surface area is 130 Å². The van der Waals surface area contributed by atoms with Crippen molar-refractivity contribution in [1.29, 1.82) is 0 Å². The van der Waals surface area contributed by atoms with Gasteiger partial charge in [-0.25, -0.2) is 4.98 Å². The normalized spacial score (nSPS) is 18.1. The van der Waals surface area contributed by atoms with Crippen LogP contribution >= 0.6 is 11.5 Å². The van der Waals surface area contributed by atoms with E-state index in [0.29, 0.717) is 12.0 Å². The molecule has 1 aromatic heterocycles. The van der Waals surface area contributed by atoms with E-state index in [1.807, 2.05) is 7.05 Å². The van der Waals surface area contributed by atoms with Crippen LogP contribution in [0.3, 0.4) is 0 Å². The molecular weight excluding hydrogens is 280 g/mol. The summed E-state index contributed by atoms with van der Waals surface area (Å²) >= 11 is 1.53. The molecule has 1 aliphatic heterocycles. The molecular formula is C16H22N4S. The van der Waals surface area contributed by atoms with E-state index >= 15 is 0 Å². The first-order chi connectivity index (χ1) is 10.2. The van der Waals surface area contributed by atoms with Crippen molar-refractivity contribution in [3.05, 3.63) is 41.2 Å². The van der Waals surface area contributed by atoms with Crippen molar-refractivity contribution in [3.63, 3.8) is 0 Å². The number of nitrogens with zero attached hydrogens (tertiary/aromatic N) is 3. The van der Waals surface area contributed by atoms with Gasteiger partial charge in [-0.15, -0.1) is 0 Å². The largest absolute Gasteiger partial charge is 0.338 e. The summed E-state index contributed by atoms with van der Waals surface area (Å²) in [6, 6.07) is 9.16. The van der Waals surface area contributed by atoms with Crippen LogP contribution in [0, 0.1) is 0 Å². The topological polar surface area (TPSA) is 41.0 Å². The monoisotopic (exact) mass is 302 g/mol. The van der Waals surface area contributed by atoms with E-state index in [-0.39, 0.29) is 0 Å². The van der Waals surface area contributed by atoms with Gasteiger partial charge in [-0.1, -0.05) is 38.1 Å². The van der Waals surface area contributed by atoms with Crippen molar-refractivity contribution in [1.82, 2.24) is 14.7 Å². The van der Waals surface area contributed by atoms with Crippen molar-refractivity contribution in [3.8, 4) is 0 Å². The number of nitrogens with one attached hydrogen (secondary N) is 1. The van der Waals surface area contributed by atoms with Crippen LogP contribution in [0.1, 0.15) is 36.7 Å². The molecule has 1 atom stereocenters. The minimum absolute atomic E-state index is 0.384. The standard InChI is InChI=1S/C16H22N4S/c1-11(2)15-18-16(21-19-15)20-10-13-7-5-4-6-12(13)8-14(20)9-17-3/h4-7,11,14,17H,8-10H2,1-3H3. The number of benzene rings is 1. The first-order valence-electron chi connectivity index (χ1n) is 7.50. The smallest absolute Gasteiger partial charge is 0.205 e. The van der Waals surface area contributed by atoms with Crippen molar-refractivity contribution >= 4 is 16.7 Å². The third kappa shape index (κ3) is 2.94. The lowest BCUT2D eigenvalue weighted by molar-refractivity contribution is 0.526. The van der Waals surface area contributed by atoms with Gasteiger partial charge in [0.15, 0.2) is 0 Å². The molecule has 0 bridgehead atoms. The van der Waals surface area contributed by atoms with E-state index in [0.717, 1.165) is 30.5 Å². The molecule has 1 aliphatic rings. The Morgan fingerprint density at radius 2 is 2.10 bits per heavy atom. The first kappa shape index (κ1) is 14.5. The minimum Gasteiger partial charge on any atom is -0.338 e. The lowest BCUT2D eigenvalue weighted by atomic mass is 9.94. The Balaban J connectivity index is 1.91. The summed E-state index contributed by atoms with van der Waals surface area (Å²) in [6.07, 6.45) is 1.06. The van der Waals surface area contributed by atoms with E-state index in [1.165, 1.54) is 22.7 Å². The second-order valence-corrected chi connectivity index (χ2v) is 6.63. The Morgan fingerprint density at radius 3 is 2.76 bits per heavy atom. The molecule has 3 rings (SSSR count). The van der Waals surface area contributed by atoms with E-state index in [4.69, 9.17) is 4.98 Å². The molecule has 21 heavy (non-hydrogen) atoms. The van der Waals surface area contributed by atoms with E-state index in [9.17, 15) is 0 Å². The third-order valence-corrected chi connectivity index (χ3v) is 4.76. The van der Waals surface area contributed by atoms with Crippen LogP contribution in [-0.4, -0.2) is 29.0 Å². The van der Waals surface area contributed by atoms with Gasteiger partial charge < -0.3 is 10.2 Å². The molecule has 1 unspecified atom stereocenters. The number of hydrogen-bond acceptors (Lipinski definition) is 5. The highest BCUT2D eigenvalue weighted by molar-refractivity contribution is 7.09. The summed E-state index contributed by atoms with van der Waals surface area (Å²) in [5.41, 5.74) is 2.87. The second kappa shape index (κ2) is 6.12. The van der Waals surface area contributed by atoms with Gasteiger partial charge in [-0.2, -0.15) is 4.37 Å². The summed E-state index contributed by atoms with van der Waals surface area (Å²) in [5.74, 6) is 1.34. The van der Waals surface area contributed by atoms with Gasteiger partial charge in [0.1, 0.15) is 5.82 Å². The highest BCUT2D eigenvalue weighted by Crippen LogP contribution is 2.30. The number of aromatic nitrogens is 2. The molecule has 4 nitrogen and oxygen atoms in total. The quantitative estimate of drug-likeness (QED) is 0.943. The fourth-order valence-electron chi connectivity index (χ4n) is 2.81. The maximum absolute atomic E-state index is 4.74. The van der Waals surface area contributed by atoms with Gasteiger partial charge in [-0.3, -0.25) is 0 Å². The van der Waals surface area contributed by atoms with E-state index < -0.39 is 0 Å². The fourth-order valence-corrected chi connectivity index (χ4v) is 3.69. The highest BCUT2D eigenvalue weighted by atomic mass is 32.1. The molecule has 2 heterocycles. The third-order valence-electron chi connectivity index (χ3n) is 3.99. The number of likely N-dealkylation sites (N-methyl/N-ethyl adjacent to an activating group) is 1. The van der Waals surface area contributed by atoms with Gasteiger partial charge >= 0.3 is 0 Å². The molecule has 5 heteroatoms. The minimum atomic E-state index is 0.384. The molecule has 0 aliphatic carbocycles. The van der Waals surface area contributed by atoms with Crippen molar-refractivity contribution < 1.29 is 0 Å². The van der Waals surface area contributed by atoms with Crippen LogP contribution < -0.4 is 10.2 Å². The second-order valence-electron chi connectivity index (χ2n) is 5.90. The summed E-state index contributed by atoms with van der Waals surface area (Å²) in [4.78, 5) is 7.15. The summed E-state index contributed by atoms with van der Waals surface area (Å²) in [6.45, 7) is 6.17. The number of fused-ring (bicyclic) bond motifs is 1. The molecule has 0 radical (unpaired) electrons. The number of rotatable bonds is 4. The van der Waals surface area contributed by atoms with Crippen LogP contribution in [0.15, 0.2) is 24.3 Å². The van der Waals surface area contributed by atoms with Crippen LogP contribution in [-0.2, 0) is 13.0 Å². The maximum Gasteiger partial charge on any atom is 0.205 e. The molecule has 0 fully saturated rings. The highest BCUT2D eigenvalue weighted by Gasteiger charge is 2.28. The predicted molar refractivity (Wildman–Crippen MR) is 88.0 cm³/mol. The Bertz CT molecular complexity index is 608. The molecule has 0 saturated carbocycles. The Hall–Kier alpha value is -1.46. The zero-order valence-corrected chi connectivity index (χ0v) is 13.7. The molecule has 0 saturated heterocycles. The molecule has 0 amide bonds. The van der Waals surface area contributed by atoms with E-state index in [1.54, 1.807) is 0 Å². The van der Waals surface area contributed by atoms with Crippen LogP contribution in [0.25, 0.3) is 0 Å². The first-order valence-corrected chi connectivity index (χ1v) is 8.28. The molecule has 1 aromatic carbocycles. The predicted octanol–water partition coefficient (Wildman–Crippen LogP) is 2.81. The average molecular weight is 302 g/mol. The van der Waals surface area contributed by atoms with Crippen LogP contribution in [0.4, 0.5) is 5.13 Å². The average Bonchev–Trinajstić information content (AvgIpc) is 2.97. The lowest BCUT2D eigenvalue weighted by Crippen LogP contribution is -2.45. The van der Waals surface area contributed by atoms with E-state index in [2.05, 4.69) is 52.7 Å². The number of hydrogen-bond donors (Lipinski definition) is 1. The van der Waals surface area contributed by atoms with Gasteiger partial charge in [0.25, 0.3) is 0 Å². The number of anilines is 1. The summed E-state index contributed by atoms with van der Waals surface area (Å²) in [7, 11) is 2.01. The van der Waals surface area contributed by atoms with Gasteiger partial charge in [0.05, 0.1) is 0 Å². The SMILES string of the molecule is CNCC1Cc2ccccc2CN1c1nc(C(C)C)ns1. The zero-order chi connectivity index (χ0) is 14.8. The van der Waals surface area contributed by atoms with Gasteiger partial charge in [0.2, 0.25) is 5.13 Å². The molecule has 1 N–H and O–H groups in total. The van der Waals surface area contributed by atoms with Crippen molar-refractivity contribution in [2.24, 2.45) is 0 Å². The Kier molecular flexibility index (Phi) is 4.22. The van der Waals surface area contributed by atoms with Gasteiger partial charge in [-0.05, 0) is 24.6 Å². The van der Waals surface area contributed by atoms with Crippen LogP contribution in [0.5, 0.6) is 0 Å². The van der Waals surface area contributed by atoms with Crippen LogP contribution in [0.2, 0.25) is 0 Å². The zero-order valence-electron chi connectivity index (χ0n) is 12.8. The maximum atomic E-state index is 4.74. The molecule has 2 aromatic rings. The van der Waals surface area contributed by atoms with Crippen molar-refractivity contribution in [2.75, 3.05) is 18.5 Å². The molecule has 112 valence electrons. The van der Waals surface area contributed by atoms with Crippen molar-refractivity contribution in [2.45, 2.75) is 38.8 Å². The summed E-state index contributed by atoms with van der Waals surface area (Å²) < 4.78 is 4.51. The summed E-state index contributed by atoms with van der Waals surface area (Å²) in [5, 5.41) is 4.36. The van der Waals surface area contributed by atoms with Gasteiger partial charge in [0, 0.05) is 36.6 Å². The fraction of sp³-hybridized carbons (Fsp3) is 0.500. The molecule has 0 spiro atoms. The lowest BCUT2D eigenvalue weighted by Gasteiger charge is -2.36. The Morgan fingerprint density at radius 1 is 1.33 bits per heavy atom.